The Morgan fingerprint density at radius 2 is 1.78 bits per heavy atom. The van der Waals surface area contributed by atoms with Crippen molar-refractivity contribution in [1.82, 2.24) is 9.38 Å². The number of halogens is 1. The first-order chi connectivity index (χ1) is 11.3. The molecule has 3 nitrogen and oxygen atoms in total. The molecule has 1 aliphatic rings. The van der Waals surface area contributed by atoms with Crippen LogP contribution in [-0.4, -0.2) is 15.4 Å². The Morgan fingerprint density at radius 3 is 2.57 bits per heavy atom. The number of nitrogens with zero attached hydrogens (tertiary/aromatic N) is 2. The molecule has 0 amide bonds. The maximum atomic E-state index is 6.03. The van der Waals surface area contributed by atoms with Gasteiger partial charge in [0.05, 0.1) is 0 Å². The minimum atomic E-state index is 0.537. The average Bonchev–Trinajstić information content (AvgIpc) is 2.95. The fraction of sp³-hybridized carbons (Fsp3) is 0.316. The molecule has 23 heavy (non-hydrogen) atoms. The van der Waals surface area contributed by atoms with Crippen molar-refractivity contribution in [1.29, 1.82) is 0 Å². The van der Waals surface area contributed by atoms with Gasteiger partial charge in [-0.25, -0.2) is 4.98 Å². The van der Waals surface area contributed by atoms with Crippen LogP contribution < -0.4 is 5.32 Å². The van der Waals surface area contributed by atoms with Gasteiger partial charge in [0.1, 0.15) is 17.2 Å². The number of aromatic nitrogens is 2. The maximum Gasteiger partial charge on any atom is 0.139 e. The second-order valence-corrected chi connectivity index (χ2v) is 6.66. The van der Waals surface area contributed by atoms with E-state index in [1.807, 2.05) is 42.5 Å². The highest BCUT2D eigenvalue weighted by Gasteiger charge is 2.19. The van der Waals surface area contributed by atoms with Gasteiger partial charge >= 0.3 is 0 Å². The number of imidazole rings is 1. The summed E-state index contributed by atoms with van der Waals surface area (Å²) in [6, 6.07) is 14.6. The average molecular weight is 326 g/mol. The van der Waals surface area contributed by atoms with Gasteiger partial charge in [-0.3, -0.25) is 4.40 Å². The summed E-state index contributed by atoms with van der Waals surface area (Å²) in [5.41, 5.74) is 3.06. The topological polar surface area (TPSA) is 29.3 Å². The highest BCUT2D eigenvalue weighted by Crippen LogP contribution is 2.32. The quantitative estimate of drug-likeness (QED) is 0.698. The van der Waals surface area contributed by atoms with Gasteiger partial charge < -0.3 is 5.32 Å². The number of pyridine rings is 1. The second kappa shape index (κ2) is 6.25. The van der Waals surface area contributed by atoms with Crippen molar-refractivity contribution in [3.8, 4) is 11.3 Å². The third-order valence-electron chi connectivity index (χ3n) is 4.59. The normalized spacial score (nSPS) is 15.9. The molecule has 2 aromatic heterocycles. The lowest BCUT2D eigenvalue weighted by Gasteiger charge is -2.24. The molecule has 0 saturated heterocycles. The van der Waals surface area contributed by atoms with Crippen molar-refractivity contribution in [2.24, 2.45) is 0 Å². The predicted octanol–water partition coefficient (Wildman–Crippen LogP) is 5.40. The van der Waals surface area contributed by atoms with E-state index in [1.165, 1.54) is 32.1 Å². The summed E-state index contributed by atoms with van der Waals surface area (Å²) in [4.78, 5) is 4.84. The van der Waals surface area contributed by atoms with Crippen LogP contribution in [-0.2, 0) is 0 Å². The zero-order valence-electron chi connectivity index (χ0n) is 13.0. The molecule has 0 aliphatic heterocycles. The molecule has 118 valence electrons. The van der Waals surface area contributed by atoms with Crippen molar-refractivity contribution >= 4 is 23.1 Å². The van der Waals surface area contributed by atoms with Gasteiger partial charge in [0.2, 0.25) is 0 Å². The highest BCUT2D eigenvalue weighted by atomic mass is 35.5. The van der Waals surface area contributed by atoms with E-state index in [0.29, 0.717) is 6.04 Å². The van der Waals surface area contributed by atoms with Gasteiger partial charge in [-0.1, -0.05) is 49.1 Å². The van der Waals surface area contributed by atoms with E-state index in [-0.39, 0.29) is 0 Å². The van der Waals surface area contributed by atoms with Crippen LogP contribution in [0.3, 0.4) is 0 Å². The first kappa shape index (κ1) is 14.6. The Balaban J connectivity index is 1.79. The summed E-state index contributed by atoms with van der Waals surface area (Å²) < 4.78 is 2.15. The first-order valence-electron chi connectivity index (χ1n) is 8.31. The summed E-state index contributed by atoms with van der Waals surface area (Å²) in [6.45, 7) is 0. The summed E-state index contributed by atoms with van der Waals surface area (Å²) in [6.07, 6.45) is 8.53. The van der Waals surface area contributed by atoms with Crippen molar-refractivity contribution in [3.05, 3.63) is 53.7 Å². The van der Waals surface area contributed by atoms with E-state index in [1.54, 1.807) is 0 Å². The van der Waals surface area contributed by atoms with E-state index in [0.717, 1.165) is 27.7 Å². The Labute approximate surface area is 141 Å². The molecule has 1 N–H and O–H groups in total. The molecule has 1 aliphatic carbocycles. The van der Waals surface area contributed by atoms with Crippen molar-refractivity contribution < 1.29 is 0 Å². The summed E-state index contributed by atoms with van der Waals surface area (Å²) >= 11 is 6.03. The number of nitrogens with one attached hydrogen (secondary N) is 1. The number of anilines is 1. The third-order valence-corrected chi connectivity index (χ3v) is 4.85. The molecule has 1 aromatic carbocycles. The monoisotopic (exact) mass is 325 g/mol. The zero-order valence-corrected chi connectivity index (χ0v) is 13.8. The molecule has 1 saturated carbocycles. The molecule has 3 aromatic rings. The Hall–Kier alpha value is -2.00. The molecule has 0 spiro atoms. The predicted molar refractivity (Wildman–Crippen MR) is 96.1 cm³/mol. The summed E-state index contributed by atoms with van der Waals surface area (Å²) in [5, 5.41) is 4.50. The van der Waals surface area contributed by atoms with E-state index >= 15 is 0 Å². The van der Waals surface area contributed by atoms with Crippen LogP contribution in [0, 0.1) is 0 Å². The number of fused-ring (bicyclic) bond motifs is 1. The van der Waals surface area contributed by atoms with Gasteiger partial charge in [-0.2, -0.15) is 0 Å². The third kappa shape index (κ3) is 2.93. The molecule has 4 heteroatoms. The van der Waals surface area contributed by atoms with Crippen LogP contribution >= 0.6 is 11.6 Å². The lowest BCUT2D eigenvalue weighted by atomic mass is 9.95. The summed E-state index contributed by atoms with van der Waals surface area (Å²) in [7, 11) is 0. The fourth-order valence-corrected chi connectivity index (χ4v) is 3.51. The number of hydrogen-bond acceptors (Lipinski definition) is 2. The van der Waals surface area contributed by atoms with Crippen LogP contribution in [0.25, 0.3) is 16.9 Å². The zero-order chi connectivity index (χ0) is 15.6. The Kier molecular flexibility index (Phi) is 3.96. The molecule has 0 atom stereocenters. The van der Waals surface area contributed by atoms with Gasteiger partial charge in [-0.05, 0) is 37.1 Å². The minimum Gasteiger partial charge on any atom is -0.367 e. The summed E-state index contributed by atoms with van der Waals surface area (Å²) in [5.74, 6) is 1.09. The van der Waals surface area contributed by atoms with Crippen LogP contribution in [0.15, 0.2) is 48.7 Å². The molecule has 1 fully saturated rings. The fourth-order valence-electron chi connectivity index (χ4n) is 3.38. The number of rotatable bonds is 3. The van der Waals surface area contributed by atoms with Crippen LogP contribution in [0.4, 0.5) is 5.82 Å². The van der Waals surface area contributed by atoms with Gasteiger partial charge in [0.15, 0.2) is 0 Å². The van der Waals surface area contributed by atoms with E-state index in [4.69, 9.17) is 16.6 Å². The second-order valence-electron chi connectivity index (χ2n) is 6.22. The Bertz CT molecular complexity index is 801. The lowest BCUT2D eigenvalue weighted by molar-refractivity contribution is 0.462. The van der Waals surface area contributed by atoms with Crippen molar-refractivity contribution in [3.63, 3.8) is 0 Å². The van der Waals surface area contributed by atoms with Crippen molar-refractivity contribution in [2.45, 2.75) is 38.1 Å². The molecule has 4 rings (SSSR count). The SMILES string of the molecule is Clc1ccc(-c2nc3ccccn3c2NC2CCCCC2)cc1. The largest absolute Gasteiger partial charge is 0.367 e. The van der Waals surface area contributed by atoms with Crippen molar-refractivity contribution in [2.75, 3.05) is 5.32 Å². The number of benzene rings is 1. The van der Waals surface area contributed by atoms with Gasteiger partial charge in [0, 0.05) is 22.8 Å². The molecular weight excluding hydrogens is 306 g/mol. The molecule has 2 heterocycles. The maximum absolute atomic E-state index is 6.03. The molecule has 0 unspecified atom stereocenters. The van der Waals surface area contributed by atoms with Crippen LogP contribution in [0.1, 0.15) is 32.1 Å². The van der Waals surface area contributed by atoms with Gasteiger partial charge in [-0.15, -0.1) is 0 Å². The Morgan fingerprint density at radius 1 is 1.00 bits per heavy atom. The lowest BCUT2D eigenvalue weighted by Crippen LogP contribution is -2.23. The van der Waals surface area contributed by atoms with Crippen LogP contribution in [0.2, 0.25) is 5.02 Å². The van der Waals surface area contributed by atoms with E-state index in [9.17, 15) is 0 Å². The van der Waals surface area contributed by atoms with E-state index < -0.39 is 0 Å². The molecule has 0 radical (unpaired) electrons. The smallest absolute Gasteiger partial charge is 0.139 e. The van der Waals surface area contributed by atoms with Gasteiger partial charge in [0.25, 0.3) is 0 Å². The highest BCUT2D eigenvalue weighted by molar-refractivity contribution is 6.30. The minimum absolute atomic E-state index is 0.537. The molecular formula is C19H20ClN3. The van der Waals surface area contributed by atoms with Crippen LogP contribution in [0.5, 0.6) is 0 Å². The first-order valence-corrected chi connectivity index (χ1v) is 8.68. The van der Waals surface area contributed by atoms with E-state index in [2.05, 4.69) is 15.9 Å². The molecule has 0 bridgehead atoms. The standard InChI is InChI=1S/C19H20ClN3/c20-15-11-9-14(10-12-15)18-19(21-16-6-2-1-3-7-16)23-13-5-4-8-17(23)22-18/h4-5,8-13,16,21H,1-3,6-7H2. The number of hydrogen-bond donors (Lipinski definition) is 1.